The number of fused-ring (bicyclic) bond motifs is 3. The van der Waals surface area contributed by atoms with E-state index in [-0.39, 0.29) is 5.41 Å². The van der Waals surface area contributed by atoms with Crippen molar-refractivity contribution in [1.82, 2.24) is 0 Å². The number of rotatable bonds is 5. The Morgan fingerprint density at radius 1 is 0.458 bits per heavy atom. The van der Waals surface area contributed by atoms with Crippen LogP contribution < -0.4 is 4.90 Å². The van der Waals surface area contributed by atoms with Crippen molar-refractivity contribution in [3.05, 3.63) is 162 Å². The molecule has 234 valence electrons. The van der Waals surface area contributed by atoms with Crippen molar-refractivity contribution in [1.29, 1.82) is 0 Å². The molecule has 0 aromatic heterocycles. The molecule has 0 saturated heterocycles. The number of anilines is 3. The third kappa shape index (κ3) is 4.10. The Balaban J connectivity index is 1.27. The highest BCUT2D eigenvalue weighted by Gasteiger charge is 2.62. The summed E-state index contributed by atoms with van der Waals surface area (Å²) in [7, 11) is 0. The molecule has 0 atom stereocenters. The molecule has 4 saturated carbocycles. The van der Waals surface area contributed by atoms with Crippen LogP contribution >= 0.6 is 0 Å². The SMILES string of the molecule is Cc1ccccc1-c1cc(N(c2ccccc2)c2cccc(-c3ccccc3)c2)cc2c1-c1ccccc1C21C2CC3CC(C2)CC1C3. The first kappa shape index (κ1) is 28.2. The molecule has 48 heavy (non-hydrogen) atoms. The van der Waals surface area contributed by atoms with Gasteiger partial charge in [0.1, 0.15) is 0 Å². The molecule has 0 amide bonds. The van der Waals surface area contributed by atoms with Gasteiger partial charge in [0.2, 0.25) is 0 Å². The molecule has 4 bridgehead atoms. The van der Waals surface area contributed by atoms with Crippen molar-refractivity contribution in [2.75, 3.05) is 4.90 Å². The van der Waals surface area contributed by atoms with Crippen LogP contribution in [-0.4, -0.2) is 0 Å². The highest BCUT2D eigenvalue weighted by Crippen LogP contribution is 2.70. The fraction of sp³-hybridized carbons (Fsp3) is 0.234. The van der Waals surface area contributed by atoms with Crippen LogP contribution in [0.1, 0.15) is 48.8 Å². The van der Waals surface area contributed by atoms with E-state index < -0.39 is 0 Å². The van der Waals surface area contributed by atoms with E-state index in [0.717, 1.165) is 11.8 Å². The lowest BCUT2D eigenvalue weighted by Gasteiger charge is -2.61. The summed E-state index contributed by atoms with van der Waals surface area (Å²) in [6, 6.07) is 54.6. The van der Waals surface area contributed by atoms with E-state index in [1.165, 1.54) is 88.1 Å². The van der Waals surface area contributed by atoms with E-state index >= 15 is 0 Å². The molecule has 5 aliphatic carbocycles. The van der Waals surface area contributed by atoms with Gasteiger partial charge in [-0.1, -0.05) is 109 Å². The zero-order valence-electron chi connectivity index (χ0n) is 27.6. The van der Waals surface area contributed by atoms with Crippen molar-refractivity contribution in [3.8, 4) is 33.4 Å². The Kier molecular flexibility index (Phi) is 6.35. The lowest BCUT2D eigenvalue weighted by atomic mass is 9.43. The quantitative estimate of drug-likeness (QED) is 0.186. The lowest BCUT2D eigenvalue weighted by Crippen LogP contribution is -2.55. The fourth-order valence-corrected chi connectivity index (χ4v) is 11.0. The normalized spacial score (nSPS) is 24.4. The minimum atomic E-state index is 0.0844. The minimum Gasteiger partial charge on any atom is -0.310 e. The Bertz CT molecular complexity index is 2130. The van der Waals surface area contributed by atoms with Crippen molar-refractivity contribution in [2.45, 2.75) is 44.4 Å². The number of hydrogen-bond donors (Lipinski definition) is 0. The highest BCUT2D eigenvalue weighted by atomic mass is 15.1. The molecule has 1 spiro atoms. The Labute approximate surface area is 284 Å². The highest BCUT2D eigenvalue weighted by molar-refractivity contribution is 5.97. The van der Waals surface area contributed by atoms with Crippen molar-refractivity contribution in [3.63, 3.8) is 0 Å². The molecule has 11 rings (SSSR count). The number of benzene rings is 6. The first-order valence-corrected chi connectivity index (χ1v) is 18.0. The van der Waals surface area contributed by atoms with Crippen LogP contribution in [0.3, 0.4) is 0 Å². The molecule has 0 radical (unpaired) electrons. The van der Waals surface area contributed by atoms with Crippen LogP contribution in [0.25, 0.3) is 33.4 Å². The second kappa shape index (κ2) is 10.8. The van der Waals surface area contributed by atoms with Gasteiger partial charge >= 0.3 is 0 Å². The van der Waals surface area contributed by atoms with E-state index in [1.54, 1.807) is 11.1 Å². The first-order chi connectivity index (χ1) is 23.7. The molecule has 6 aromatic carbocycles. The molecule has 1 nitrogen and oxygen atoms in total. The molecule has 5 aliphatic rings. The molecule has 0 aliphatic heterocycles. The maximum atomic E-state index is 2.64. The summed E-state index contributed by atoms with van der Waals surface area (Å²) >= 11 is 0. The smallest absolute Gasteiger partial charge is 0.0471 e. The summed E-state index contributed by atoms with van der Waals surface area (Å²) in [5.41, 5.74) is 16.4. The Morgan fingerprint density at radius 3 is 1.79 bits per heavy atom. The molecule has 6 aromatic rings. The number of para-hydroxylation sites is 1. The maximum Gasteiger partial charge on any atom is 0.0471 e. The monoisotopic (exact) mass is 619 g/mol. The molecular formula is C47H41N. The van der Waals surface area contributed by atoms with Gasteiger partial charge in [-0.3, -0.25) is 0 Å². The van der Waals surface area contributed by atoms with Crippen molar-refractivity contribution < 1.29 is 0 Å². The van der Waals surface area contributed by atoms with Gasteiger partial charge in [0.05, 0.1) is 0 Å². The summed E-state index contributed by atoms with van der Waals surface area (Å²) in [6.45, 7) is 2.28. The lowest BCUT2D eigenvalue weighted by molar-refractivity contribution is -0.0399. The zero-order valence-corrected chi connectivity index (χ0v) is 27.6. The first-order valence-electron chi connectivity index (χ1n) is 18.0. The largest absolute Gasteiger partial charge is 0.310 e. The molecule has 1 heteroatoms. The van der Waals surface area contributed by atoms with E-state index in [2.05, 4.69) is 157 Å². The van der Waals surface area contributed by atoms with Gasteiger partial charge in [-0.15, -0.1) is 0 Å². The molecule has 0 unspecified atom stereocenters. The summed E-state index contributed by atoms with van der Waals surface area (Å²) in [6.07, 6.45) is 6.99. The van der Waals surface area contributed by atoms with Gasteiger partial charge in [0.25, 0.3) is 0 Å². The molecular weight excluding hydrogens is 579 g/mol. The molecule has 0 heterocycles. The van der Waals surface area contributed by atoms with Gasteiger partial charge in [-0.25, -0.2) is 0 Å². The van der Waals surface area contributed by atoms with Crippen molar-refractivity contribution in [2.24, 2.45) is 23.7 Å². The number of nitrogens with zero attached hydrogens (tertiary/aromatic N) is 1. The van der Waals surface area contributed by atoms with Gasteiger partial charge in [-0.05, 0) is 149 Å². The number of aryl methyl sites for hydroxylation is 1. The van der Waals surface area contributed by atoms with E-state index in [9.17, 15) is 0 Å². The van der Waals surface area contributed by atoms with Crippen LogP contribution in [0.4, 0.5) is 17.1 Å². The van der Waals surface area contributed by atoms with Gasteiger partial charge in [0, 0.05) is 22.5 Å². The average molecular weight is 620 g/mol. The second-order valence-corrected chi connectivity index (χ2v) is 15.0. The van der Waals surface area contributed by atoms with E-state index in [0.29, 0.717) is 11.8 Å². The van der Waals surface area contributed by atoms with Gasteiger partial charge in [-0.2, -0.15) is 0 Å². The third-order valence-electron chi connectivity index (χ3n) is 12.6. The fourth-order valence-electron chi connectivity index (χ4n) is 11.0. The predicted octanol–water partition coefficient (Wildman–Crippen LogP) is 12.5. The Morgan fingerprint density at radius 2 is 1.06 bits per heavy atom. The summed E-state index contributed by atoms with van der Waals surface area (Å²) in [4.78, 5) is 2.52. The van der Waals surface area contributed by atoms with Crippen LogP contribution in [0.2, 0.25) is 0 Å². The zero-order chi connectivity index (χ0) is 31.8. The standard InChI is InChI=1S/C47H41N/c1-31-13-8-9-20-41(31)43-29-40(48(38-17-6-3-7-18-38)39-19-12-16-35(28-39)34-14-4-2-5-15-34)30-45-46(43)42-21-10-11-22-44(42)47(45)36-24-32-23-33(26-36)27-37(47)25-32/h2-22,28-30,32-33,36-37H,23-27H2,1H3. The van der Waals surface area contributed by atoms with Crippen molar-refractivity contribution >= 4 is 17.1 Å². The van der Waals surface area contributed by atoms with Crippen LogP contribution in [-0.2, 0) is 5.41 Å². The predicted molar refractivity (Wildman–Crippen MR) is 200 cm³/mol. The Hall–Kier alpha value is -4.88. The van der Waals surface area contributed by atoms with Gasteiger partial charge in [0.15, 0.2) is 0 Å². The minimum absolute atomic E-state index is 0.0844. The van der Waals surface area contributed by atoms with E-state index in [4.69, 9.17) is 0 Å². The molecule has 4 fully saturated rings. The average Bonchev–Trinajstić information content (AvgIpc) is 3.42. The third-order valence-corrected chi connectivity index (χ3v) is 12.6. The van der Waals surface area contributed by atoms with Crippen LogP contribution in [0, 0.1) is 30.6 Å². The van der Waals surface area contributed by atoms with Crippen LogP contribution in [0.15, 0.2) is 146 Å². The summed E-state index contributed by atoms with van der Waals surface area (Å²) < 4.78 is 0. The maximum absolute atomic E-state index is 2.64. The number of hydrogen-bond acceptors (Lipinski definition) is 1. The topological polar surface area (TPSA) is 3.24 Å². The summed E-state index contributed by atoms with van der Waals surface area (Å²) in [5.74, 6) is 3.25. The molecule has 0 N–H and O–H groups in total. The van der Waals surface area contributed by atoms with Gasteiger partial charge < -0.3 is 4.90 Å². The summed E-state index contributed by atoms with van der Waals surface area (Å²) in [5, 5.41) is 0. The van der Waals surface area contributed by atoms with E-state index in [1.807, 2.05) is 0 Å². The second-order valence-electron chi connectivity index (χ2n) is 15.0. The van der Waals surface area contributed by atoms with Crippen LogP contribution in [0.5, 0.6) is 0 Å².